The Hall–Kier alpha value is -1.92. The van der Waals surface area contributed by atoms with Crippen molar-refractivity contribution >= 4 is 11.8 Å². The Balaban J connectivity index is 2.56. The molecule has 6 nitrogen and oxygen atoms in total. The van der Waals surface area contributed by atoms with Crippen LogP contribution in [-0.2, 0) is 9.59 Å². The van der Waals surface area contributed by atoms with Crippen molar-refractivity contribution in [1.29, 1.82) is 0 Å². The Labute approximate surface area is 124 Å². The van der Waals surface area contributed by atoms with Gasteiger partial charge in [-0.25, -0.2) is 0 Å². The zero-order chi connectivity index (χ0) is 15.7. The molecule has 4 N–H and O–H groups in total. The largest absolute Gasteiger partial charge is 0.394 e. The molecule has 0 unspecified atom stereocenters. The number of hydrogen-bond acceptors (Lipinski definition) is 4. The first-order chi connectivity index (χ1) is 10.1. The van der Waals surface area contributed by atoms with Crippen molar-refractivity contribution in [3.8, 4) is 0 Å². The van der Waals surface area contributed by atoms with Crippen molar-refractivity contribution in [1.82, 2.24) is 10.6 Å². The first-order valence-electron chi connectivity index (χ1n) is 7.02. The maximum absolute atomic E-state index is 11.9. The van der Waals surface area contributed by atoms with E-state index in [0.29, 0.717) is 12.1 Å². The number of aliphatic hydroxyl groups is 2. The fourth-order valence-corrected chi connectivity index (χ4v) is 1.74. The van der Waals surface area contributed by atoms with Crippen molar-refractivity contribution in [3.63, 3.8) is 0 Å². The van der Waals surface area contributed by atoms with Gasteiger partial charge in [0.15, 0.2) is 6.10 Å². The molecular formula is C15H22N2O4. The third kappa shape index (κ3) is 5.53. The van der Waals surface area contributed by atoms with E-state index in [1.165, 1.54) is 0 Å². The van der Waals surface area contributed by atoms with Crippen LogP contribution in [0.15, 0.2) is 30.3 Å². The highest BCUT2D eigenvalue weighted by Crippen LogP contribution is 2.12. The lowest BCUT2D eigenvalue weighted by atomic mass is 10.1. The summed E-state index contributed by atoms with van der Waals surface area (Å²) in [5.74, 6) is -1.18. The topological polar surface area (TPSA) is 98.7 Å². The molecule has 1 rings (SSSR count). The molecule has 21 heavy (non-hydrogen) atoms. The van der Waals surface area contributed by atoms with Crippen LogP contribution in [0.5, 0.6) is 0 Å². The predicted molar refractivity (Wildman–Crippen MR) is 78.3 cm³/mol. The molecule has 1 aromatic rings. The number of hydrogen-bond donors (Lipinski definition) is 4. The molecule has 0 saturated heterocycles. The highest BCUT2D eigenvalue weighted by atomic mass is 16.3. The molecule has 0 aliphatic heterocycles. The predicted octanol–water partition coefficient (Wildman–Crippen LogP) is 0.113. The molecule has 6 heteroatoms. The van der Waals surface area contributed by atoms with Gasteiger partial charge >= 0.3 is 0 Å². The minimum atomic E-state index is -1.37. The Bertz CT molecular complexity index is 450. The Morgan fingerprint density at radius 3 is 2.43 bits per heavy atom. The molecule has 116 valence electrons. The molecule has 0 aromatic heterocycles. The van der Waals surface area contributed by atoms with Gasteiger partial charge in [0, 0.05) is 6.54 Å². The van der Waals surface area contributed by atoms with Crippen molar-refractivity contribution < 1.29 is 19.8 Å². The van der Waals surface area contributed by atoms with E-state index in [2.05, 4.69) is 10.6 Å². The van der Waals surface area contributed by atoms with Crippen LogP contribution in [-0.4, -0.2) is 41.2 Å². The van der Waals surface area contributed by atoms with Crippen LogP contribution < -0.4 is 10.6 Å². The van der Waals surface area contributed by atoms with Gasteiger partial charge in [-0.3, -0.25) is 9.59 Å². The molecule has 2 atom stereocenters. The van der Waals surface area contributed by atoms with Gasteiger partial charge in [-0.15, -0.1) is 0 Å². The lowest BCUT2D eigenvalue weighted by Gasteiger charge is -2.18. The van der Waals surface area contributed by atoms with Gasteiger partial charge < -0.3 is 20.8 Å². The zero-order valence-electron chi connectivity index (χ0n) is 12.1. The molecule has 0 heterocycles. The van der Waals surface area contributed by atoms with E-state index in [1.807, 2.05) is 6.92 Å². The molecule has 2 amide bonds. The quantitative estimate of drug-likeness (QED) is 0.512. The van der Waals surface area contributed by atoms with Gasteiger partial charge in [0.2, 0.25) is 5.91 Å². The molecule has 0 bridgehead atoms. The number of amides is 2. The summed E-state index contributed by atoms with van der Waals surface area (Å²) in [4.78, 5) is 23.7. The minimum Gasteiger partial charge on any atom is -0.394 e. The highest BCUT2D eigenvalue weighted by molar-refractivity contribution is 5.89. The third-order valence-corrected chi connectivity index (χ3v) is 3.01. The van der Waals surface area contributed by atoms with Gasteiger partial charge in [-0.2, -0.15) is 0 Å². The van der Waals surface area contributed by atoms with Crippen LogP contribution in [0.2, 0.25) is 0 Å². The van der Waals surface area contributed by atoms with Crippen LogP contribution in [0.25, 0.3) is 0 Å². The van der Waals surface area contributed by atoms with E-state index in [1.54, 1.807) is 30.3 Å². The van der Waals surface area contributed by atoms with E-state index >= 15 is 0 Å². The summed E-state index contributed by atoms with van der Waals surface area (Å²) in [6.07, 6.45) is 0.386. The van der Waals surface area contributed by atoms with Gasteiger partial charge in [-0.05, 0) is 12.0 Å². The van der Waals surface area contributed by atoms with Crippen molar-refractivity contribution in [3.05, 3.63) is 35.9 Å². The second kappa shape index (κ2) is 9.10. The number of unbranched alkanes of at least 4 members (excludes halogenated alkanes) is 1. The summed E-state index contributed by atoms with van der Waals surface area (Å²) in [6, 6.07) is 7.33. The third-order valence-electron chi connectivity index (χ3n) is 3.01. The average molecular weight is 294 g/mol. The molecule has 0 aliphatic rings. The summed E-state index contributed by atoms with van der Waals surface area (Å²) >= 11 is 0. The zero-order valence-corrected chi connectivity index (χ0v) is 12.1. The van der Waals surface area contributed by atoms with E-state index in [0.717, 1.165) is 12.8 Å². The number of nitrogens with one attached hydrogen (secondary N) is 2. The van der Waals surface area contributed by atoms with Gasteiger partial charge in [0.25, 0.3) is 5.91 Å². The molecular weight excluding hydrogens is 272 g/mol. The van der Waals surface area contributed by atoms with Crippen molar-refractivity contribution in [2.45, 2.75) is 31.9 Å². The normalized spacial score (nSPS) is 13.3. The van der Waals surface area contributed by atoms with Crippen LogP contribution >= 0.6 is 0 Å². The summed E-state index contributed by atoms with van der Waals surface area (Å²) in [6.45, 7) is 1.96. The minimum absolute atomic E-state index is 0.429. The molecule has 0 radical (unpaired) electrons. The van der Waals surface area contributed by atoms with Crippen molar-refractivity contribution in [2.75, 3.05) is 13.2 Å². The summed E-state index contributed by atoms with van der Waals surface area (Å²) in [5, 5.41) is 24.1. The van der Waals surface area contributed by atoms with Crippen LogP contribution in [0, 0.1) is 0 Å². The van der Waals surface area contributed by atoms with E-state index in [4.69, 9.17) is 0 Å². The number of rotatable bonds is 8. The Morgan fingerprint density at radius 1 is 1.19 bits per heavy atom. The van der Waals surface area contributed by atoms with E-state index in [-0.39, 0.29) is 0 Å². The summed E-state index contributed by atoms with van der Waals surface area (Å²) < 4.78 is 0. The maximum atomic E-state index is 11.9. The molecule has 0 fully saturated rings. The van der Waals surface area contributed by atoms with Crippen LogP contribution in [0.1, 0.15) is 31.4 Å². The van der Waals surface area contributed by atoms with E-state index < -0.39 is 30.6 Å². The average Bonchev–Trinajstić information content (AvgIpc) is 2.52. The Kier molecular flexibility index (Phi) is 7.42. The SMILES string of the molecule is CCCCNC(=O)[C@H](CO)NC(=O)[C@H](O)c1ccccc1. The highest BCUT2D eigenvalue weighted by Gasteiger charge is 2.24. The molecule has 1 aromatic carbocycles. The molecule has 0 spiro atoms. The monoisotopic (exact) mass is 294 g/mol. The first-order valence-corrected chi connectivity index (χ1v) is 7.02. The van der Waals surface area contributed by atoms with Gasteiger partial charge in [-0.1, -0.05) is 43.7 Å². The number of carbonyl (C=O) groups is 2. The molecule has 0 aliphatic carbocycles. The Morgan fingerprint density at radius 2 is 1.86 bits per heavy atom. The second-order valence-electron chi connectivity index (χ2n) is 4.70. The van der Waals surface area contributed by atoms with Crippen molar-refractivity contribution in [2.24, 2.45) is 0 Å². The molecule has 0 saturated carbocycles. The maximum Gasteiger partial charge on any atom is 0.254 e. The fraction of sp³-hybridized carbons (Fsp3) is 0.467. The van der Waals surface area contributed by atoms with Gasteiger partial charge in [0.1, 0.15) is 6.04 Å². The smallest absolute Gasteiger partial charge is 0.254 e. The number of carbonyl (C=O) groups excluding carboxylic acids is 2. The fourth-order valence-electron chi connectivity index (χ4n) is 1.74. The summed E-state index contributed by atoms with van der Waals surface area (Å²) in [7, 11) is 0. The lowest BCUT2D eigenvalue weighted by Crippen LogP contribution is -2.50. The van der Waals surface area contributed by atoms with Crippen LogP contribution in [0.3, 0.4) is 0 Å². The van der Waals surface area contributed by atoms with Crippen LogP contribution in [0.4, 0.5) is 0 Å². The second-order valence-corrected chi connectivity index (χ2v) is 4.70. The standard InChI is InChI=1S/C15H22N2O4/c1-2-3-9-16-14(20)12(10-18)17-15(21)13(19)11-7-5-4-6-8-11/h4-8,12-13,18-19H,2-3,9-10H2,1H3,(H,16,20)(H,17,21)/t12-,13+/m0/s1. The van der Waals surface area contributed by atoms with Gasteiger partial charge in [0.05, 0.1) is 6.61 Å². The lowest BCUT2D eigenvalue weighted by molar-refractivity contribution is -0.135. The summed E-state index contributed by atoms with van der Waals surface area (Å²) in [5.41, 5.74) is 0.429. The van der Waals surface area contributed by atoms with E-state index in [9.17, 15) is 19.8 Å². The number of benzene rings is 1. The first kappa shape index (κ1) is 17.1. The number of aliphatic hydroxyl groups excluding tert-OH is 2.